The number of pyridine rings is 1. The summed E-state index contributed by atoms with van der Waals surface area (Å²) in [6.45, 7) is 21.6. The fraction of sp³-hybridized carbons (Fsp3) is 0.286. The van der Waals surface area contributed by atoms with Gasteiger partial charge in [-0.1, -0.05) is 71.7 Å². The van der Waals surface area contributed by atoms with Gasteiger partial charge in [0.15, 0.2) is 6.20 Å². The minimum absolute atomic E-state index is 0.912. The Morgan fingerprint density at radius 1 is 1.05 bits per heavy atom. The van der Waals surface area contributed by atoms with E-state index in [2.05, 4.69) is 37.7 Å². The first-order chi connectivity index (χ1) is 10.8. The molecule has 0 atom stereocenters. The van der Waals surface area contributed by atoms with E-state index in [-0.39, 0.29) is 0 Å². The van der Waals surface area contributed by atoms with Crippen molar-refractivity contribution in [2.24, 2.45) is 0 Å². The Hall–Kier alpha value is -2.15. The highest BCUT2D eigenvalue weighted by Gasteiger charge is 2.24. The second-order valence-electron chi connectivity index (χ2n) is 4.23. The first-order valence-corrected chi connectivity index (χ1v) is 8.07. The molecule has 1 aromatic heterocycles. The van der Waals surface area contributed by atoms with E-state index >= 15 is 0 Å². The van der Waals surface area contributed by atoms with Gasteiger partial charge in [-0.2, -0.15) is 0 Å². The molecule has 0 radical (unpaired) electrons. The second kappa shape index (κ2) is 10.6. The van der Waals surface area contributed by atoms with E-state index in [1.807, 2.05) is 58.2 Å². The lowest BCUT2D eigenvalue weighted by Gasteiger charge is -1.96. The standard InChI is InChI=1S/C17H17N.2C2H6/c1-5-9-13-11-18-17-15(8-4)12(6-2)10-16(17)14(13)7-3;2*1-2/h5-9,11H,1-2,4,10H2,3H3;2*1-2H3/p+1/b13-9-,14-7+;;. The van der Waals surface area contributed by atoms with Gasteiger partial charge in [0.1, 0.15) is 0 Å². The third kappa shape index (κ3) is 3.94. The van der Waals surface area contributed by atoms with Crippen molar-refractivity contribution >= 4 is 17.7 Å². The van der Waals surface area contributed by atoms with Crippen LogP contribution in [0.2, 0.25) is 0 Å². The lowest BCUT2D eigenvalue weighted by molar-refractivity contribution is -0.383. The Labute approximate surface area is 135 Å². The number of hydrogen-bond acceptors (Lipinski definition) is 0. The summed E-state index contributed by atoms with van der Waals surface area (Å²) in [7, 11) is 0. The predicted molar refractivity (Wildman–Crippen MR) is 101 cm³/mol. The van der Waals surface area contributed by atoms with Crippen LogP contribution in [0.15, 0.2) is 49.7 Å². The molecule has 0 unspecified atom stereocenters. The van der Waals surface area contributed by atoms with Crippen molar-refractivity contribution < 1.29 is 4.98 Å². The van der Waals surface area contributed by atoms with E-state index in [0.717, 1.165) is 17.7 Å². The van der Waals surface area contributed by atoms with Gasteiger partial charge in [-0.25, -0.2) is 4.98 Å². The summed E-state index contributed by atoms with van der Waals surface area (Å²) in [4.78, 5) is 3.37. The molecular formula is C21H30N+. The zero-order valence-corrected chi connectivity index (χ0v) is 14.8. The van der Waals surface area contributed by atoms with Crippen molar-refractivity contribution in [2.75, 3.05) is 0 Å². The maximum absolute atomic E-state index is 3.89. The summed E-state index contributed by atoms with van der Waals surface area (Å²) in [5.74, 6) is 0. The highest BCUT2D eigenvalue weighted by molar-refractivity contribution is 5.80. The van der Waals surface area contributed by atoms with Gasteiger partial charge in [-0.05, 0) is 23.8 Å². The van der Waals surface area contributed by atoms with Crippen LogP contribution in [0.4, 0.5) is 0 Å². The van der Waals surface area contributed by atoms with Gasteiger partial charge in [0, 0.05) is 22.8 Å². The molecule has 0 aromatic carbocycles. The van der Waals surface area contributed by atoms with Crippen molar-refractivity contribution in [1.29, 1.82) is 0 Å². The Morgan fingerprint density at radius 2 is 1.68 bits per heavy atom. The Morgan fingerprint density at radius 3 is 2.14 bits per heavy atom. The number of nitrogens with one attached hydrogen (secondary N) is 1. The second-order valence-corrected chi connectivity index (χ2v) is 4.23. The number of fused-ring (bicyclic) bond motifs is 1. The molecule has 1 N–H and O–H groups in total. The molecule has 118 valence electrons. The molecule has 2 rings (SSSR count). The third-order valence-electron chi connectivity index (χ3n) is 3.33. The average molecular weight is 296 g/mol. The van der Waals surface area contributed by atoms with E-state index < -0.39 is 0 Å². The van der Waals surface area contributed by atoms with E-state index in [9.17, 15) is 0 Å². The van der Waals surface area contributed by atoms with Crippen molar-refractivity contribution in [3.8, 4) is 0 Å². The van der Waals surface area contributed by atoms with Crippen LogP contribution in [0, 0.1) is 0 Å². The largest absolute Gasteiger partial charge is 0.215 e. The summed E-state index contributed by atoms with van der Waals surface area (Å²) in [5, 5.41) is 2.43. The average Bonchev–Trinajstić information content (AvgIpc) is 2.96. The monoisotopic (exact) mass is 296 g/mol. The first-order valence-electron chi connectivity index (χ1n) is 8.07. The lowest BCUT2D eigenvalue weighted by Crippen LogP contribution is -2.35. The minimum Gasteiger partial charge on any atom is -0.210 e. The van der Waals surface area contributed by atoms with Gasteiger partial charge in [0.25, 0.3) is 0 Å². The Kier molecular flexibility index (Phi) is 9.53. The zero-order valence-electron chi connectivity index (χ0n) is 14.8. The van der Waals surface area contributed by atoms with Gasteiger partial charge in [0.05, 0.1) is 0 Å². The van der Waals surface area contributed by atoms with Crippen LogP contribution >= 0.6 is 0 Å². The summed E-state index contributed by atoms with van der Waals surface area (Å²) < 4.78 is 0. The van der Waals surface area contributed by atoms with E-state index in [0.29, 0.717) is 0 Å². The lowest BCUT2D eigenvalue weighted by atomic mass is 10.1. The highest BCUT2D eigenvalue weighted by Crippen LogP contribution is 2.28. The molecule has 0 saturated heterocycles. The van der Waals surface area contributed by atoms with Gasteiger partial charge >= 0.3 is 0 Å². The molecule has 1 aliphatic carbocycles. The Balaban J connectivity index is 0.00000102. The van der Waals surface area contributed by atoms with Gasteiger partial charge in [-0.3, -0.25) is 0 Å². The number of rotatable bonds is 3. The number of H-pyrrole nitrogens is 1. The first kappa shape index (κ1) is 19.9. The molecule has 0 saturated carbocycles. The minimum atomic E-state index is 0.912. The third-order valence-corrected chi connectivity index (χ3v) is 3.33. The number of aromatic nitrogens is 1. The van der Waals surface area contributed by atoms with E-state index in [1.54, 1.807) is 0 Å². The highest BCUT2D eigenvalue weighted by atomic mass is 14.7. The van der Waals surface area contributed by atoms with Crippen LogP contribution in [0.25, 0.3) is 17.7 Å². The summed E-state index contributed by atoms with van der Waals surface area (Å²) in [5.41, 5.74) is 4.87. The van der Waals surface area contributed by atoms with Crippen LogP contribution in [0.1, 0.15) is 45.9 Å². The molecule has 0 fully saturated rings. The Bertz CT molecular complexity index is 673. The van der Waals surface area contributed by atoms with Crippen LogP contribution in [0.3, 0.4) is 0 Å². The molecule has 1 aromatic rings. The normalized spacial score (nSPS) is 13.5. The number of hydrogen-bond donors (Lipinski definition) is 0. The summed E-state index contributed by atoms with van der Waals surface area (Å²) in [6, 6.07) is 0. The maximum atomic E-state index is 3.89. The van der Waals surface area contributed by atoms with Crippen LogP contribution in [0.5, 0.6) is 0 Å². The van der Waals surface area contributed by atoms with Crippen molar-refractivity contribution in [2.45, 2.75) is 41.0 Å². The molecule has 1 heterocycles. The quantitative estimate of drug-likeness (QED) is 0.800. The molecule has 1 aliphatic rings. The van der Waals surface area contributed by atoms with Crippen molar-refractivity contribution in [3.05, 3.63) is 71.4 Å². The van der Waals surface area contributed by atoms with E-state index in [1.165, 1.54) is 21.6 Å². The molecule has 0 amide bonds. The topological polar surface area (TPSA) is 14.1 Å². The fourth-order valence-electron chi connectivity index (χ4n) is 2.51. The molecule has 0 spiro atoms. The number of allylic oxidation sites excluding steroid dienone is 5. The fourth-order valence-corrected chi connectivity index (χ4v) is 2.51. The zero-order chi connectivity index (χ0) is 17.1. The van der Waals surface area contributed by atoms with Gasteiger partial charge in [0.2, 0.25) is 5.69 Å². The number of aromatic amines is 1. The molecule has 1 nitrogen and oxygen atoms in total. The maximum Gasteiger partial charge on any atom is 0.215 e. The van der Waals surface area contributed by atoms with Crippen molar-refractivity contribution in [3.63, 3.8) is 0 Å². The predicted octanol–water partition coefficient (Wildman–Crippen LogP) is 4.00. The van der Waals surface area contributed by atoms with Crippen LogP contribution in [-0.2, 0) is 6.42 Å². The summed E-state index contributed by atoms with van der Waals surface area (Å²) >= 11 is 0. The molecule has 0 aliphatic heterocycles. The smallest absolute Gasteiger partial charge is 0.210 e. The molecule has 22 heavy (non-hydrogen) atoms. The van der Waals surface area contributed by atoms with Crippen LogP contribution in [-0.4, -0.2) is 0 Å². The molecular weight excluding hydrogens is 266 g/mol. The van der Waals surface area contributed by atoms with Crippen molar-refractivity contribution in [1.82, 2.24) is 0 Å². The van der Waals surface area contributed by atoms with Crippen LogP contribution < -0.4 is 15.4 Å². The molecule has 1 heteroatoms. The van der Waals surface area contributed by atoms with Gasteiger partial charge in [-0.15, -0.1) is 0 Å². The van der Waals surface area contributed by atoms with Gasteiger partial charge < -0.3 is 0 Å². The summed E-state index contributed by atoms with van der Waals surface area (Å²) in [6.07, 6.45) is 12.7. The molecule has 0 bridgehead atoms. The van der Waals surface area contributed by atoms with E-state index in [4.69, 9.17) is 0 Å². The SMILES string of the molecule is C=C/C=c1/c[nH+]c2c(/c1=C/C)CC(C=C)=C2C=C.CC.CC.